The quantitative estimate of drug-likeness (QED) is 0.848. The van der Waals surface area contributed by atoms with Gasteiger partial charge < -0.3 is 5.32 Å². The van der Waals surface area contributed by atoms with Gasteiger partial charge in [-0.25, -0.2) is 9.37 Å². The zero-order valence-corrected chi connectivity index (χ0v) is 11.2. The summed E-state index contributed by atoms with van der Waals surface area (Å²) in [4.78, 5) is 7.34. The maximum absolute atomic E-state index is 13.4. The van der Waals surface area contributed by atoms with Gasteiger partial charge in [0, 0.05) is 10.2 Å². The molecule has 2 aromatic rings. The molecule has 17 heavy (non-hydrogen) atoms. The second kappa shape index (κ2) is 4.98. The molecule has 1 aromatic carbocycles. The lowest BCUT2D eigenvalue weighted by molar-refractivity contribution is 0.619. The average Bonchev–Trinajstić information content (AvgIpc) is 2.28. The maximum Gasteiger partial charge on any atom is 0.224 e. The van der Waals surface area contributed by atoms with Crippen LogP contribution in [0.4, 0.5) is 15.9 Å². The van der Waals surface area contributed by atoms with E-state index >= 15 is 0 Å². The summed E-state index contributed by atoms with van der Waals surface area (Å²) in [5.74, 6) is -0.486. The van der Waals surface area contributed by atoms with Gasteiger partial charge in [-0.3, -0.25) is 0 Å². The van der Waals surface area contributed by atoms with Crippen LogP contribution in [0, 0.1) is 12.7 Å². The highest BCUT2D eigenvalue weighted by atomic mass is 79.9. The molecule has 0 atom stereocenters. The second-order valence-corrected chi connectivity index (χ2v) is 4.67. The summed E-state index contributed by atoms with van der Waals surface area (Å²) < 4.78 is 14.3. The molecule has 0 spiro atoms. The summed E-state index contributed by atoms with van der Waals surface area (Å²) in [5.41, 5.74) is 1.73. The highest BCUT2D eigenvalue weighted by molar-refractivity contribution is 9.10. The molecule has 88 valence electrons. The van der Waals surface area contributed by atoms with E-state index in [-0.39, 0.29) is 11.1 Å². The summed E-state index contributed by atoms with van der Waals surface area (Å²) in [6, 6.07) is 5.65. The predicted octanol–water partition coefficient (Wildman–Crippen LogP) is 4.08. The van der Waals surface area contributed by atoms with Crippen LogP contribution in [-0.4, -0.2) is 9.97 Å². The molecule has 0 saturated carbocycles. The molecule has 0 radical (unpaired) electrons. The Labute approximate surface area is 111 Å². The molecule has 0 saturated heterocycles. The molecule has 0 bridgehead atoms. The van der Waals surface area contributed by atoms with Crippen molar-refractivity contribution in [1.29, 1.82) is 0 Å². The Morgan fingerprint density at radius 3 is 2.94 bits per heavy atom. The van der Waals surface area contributed by atoms with Gasteiger partial charge in [0.1, 0.15) is 0 Å². The highest BCUT2D eigenvalue weighted by Crippen LogP contribution is 2.25. The monoisotopic (exact) mass is 315 g/mol. The Balaban J connectivity index is 2.37. The number of nitrogens with one attached hydrogen (secondary N) is 1. The number of hydrogen-bond acceptors (Lipinski definition) is 3. The Morgan fingerprint density at radius 1 is 1.41 bits per heavy atom. The fourth-order valence-corrected chi connectivity index (χ4v) is 1.78. The van der Waals surface area contributed by atoms with Gasteiger partial charge in [0.2, 0.25) is 5.28 Å². The van der Waals surface area contributed by atoms with Gasteiger partial charge in [-0.15, -0.1) is 0 Å². The van der Waals surface area contributed by atoms with Gasteiger partial charge in [-0.05, 0) is 36.2 Å². The number of anilines is 2. The molecule has 1 N–H and O–H groups in total. The molecular formula is C11H8BrClFN3. The number of nitrogens with zero attached hydrogens (tertiary/aromatic N) is 2. The first-order valence-corrected chi connectivity index (χ1v) is 5.94. The van der Waals surface area contributed by atoms with Gasteiger partial charge in [-0.2, -0.15) is 4.98 Å². The van der Waals surface area contributed by atoms with Crippen molar-refractivity contribution >= 4 is 39.0 Å². The highest BCUT2D eigenvalue weighted by Gasteiger charge is 2.07. The van der Waals surface area contributed by atoms with Crippen LogP contribution in [-0.2, 0) is 0 Å². The molecule has 0 amide bonds. The smallest absolute Gasteiger partial charge is 0.224 e. The van der Waals surface area contributed by atoms with Crippen LogP contribution >= 0.6 is 27.5 Å². The normalized spacial score (nSPS) is 10.4. The van der Waals surface area contributed by atoms with Gasteiger partial charge >= 0.3 is 0 Å². The molecule has 0 aliphatic rings. The minimum Gasteiger partial charge on any atom is -0.337 e. The van der Waals surface area contributed by atoms with E-state index in [9.17, 15) is 4.39 Å². The van der Waals surface area contributed by atoms with Crippen molar-refractivity contribution in [3.05, 3.63) is 45.5 Å². The fourth-order valence-electron chi connectivity index (χ4n) is 1.29. The largest absolute Gasteiger partial charge is 0.337 e. The van der Waals surface area contributed by atoms with Crippen LogP contribution in [0.3, 0.4) is 0 Å². The SMILES string of the molecule is Cc1ccc(Br)cc1Nc1nc(Cl)ncc1F. The zero-order chi connectivity index (χ0) is 12.4. The molecule has 6 heteroatoms. The summed E-state index contributed by atoms with van der Waals surface area (Å²) in [7, 11) is 0. The molecule has 0 unspecified atom stereocenters. The van der Waals surface area contributed by atoms with E-state index in [0.717, 1.165) is 21.9 Å². The van der Waals surface area contributed by atoms with Crippen LogP contribution in [0.25, 0.3) is 0 Å². The van der Waals surface area contributed by atoms with Gasteiger partial charge in [-0.1, -0.05) is 22.0 Å². The third kappa shape index (κ3) is 2.92. The standard InChI is InChI=1S/C11H8BrClFN3/c1-6-2-3-7(12)4-9(6)16-10-8(14)5-15-11(13)17-10/h2-5H,1H3,(H,15,16,17). The minimum atomic E-state index is -0.547. The second-order valence-electron chi connectivity index (χ2n) is 3.42. The number of halogens is 3. The third-order valence-electron chi connectivity index (χ3n) is 2.17. The van der Waals surface area contributed by atoms with E-state index in [1.165, 1.54) is 0 Å². The van der Waals surface area contributed by atoms with Gasteiger partial charge in [0.25, 0.3) is 0 Å². The first-order valence-electron chi connectivity index (χ1n) is 4.77. The van der Waals surface area contributed by atoms with E-state index in [1.54, 1.807) is 0 Å². The van der Waals surface area contributed by atoms with Crippen LogP contribution in [0.2, 0.25) is 5.28 Å². The van der Waals surface area contributed by atoms with Crippen molar-refractivity contribution in [3.63, 3.8) is 0 Å². The van der Waals surface area contributed by atoms with E-state index in [1.807, 2.05) is 25.1 Å². The van der Waals surface area contributed by atoms with Crippen LogP contribution in [0.1, 0.15) is 5.56 Å². The Morgan fingerprint density at radius 2 is 2.18 bits per heavy atom. The lowest BCUT2D eigenvalue weighted by Gasteiger charge is -2.09. The van der Waals surface area contributed by atoms with Crippen LogP contribution in [0.15, 0.2) is 28.9 Å². The van der Waals surface area contributed by atoms with Crippen LogP contribution in [0.5, 0.6) is 0 Å². The average molecular weight is 317 g/mol. The molecule has 0 aliphatic carbocycles. The number of benzene rings is 1. The van der Waals surface area contributed by atoms with Crippen molar-refractivity contribution in [1.82, 2.24) is 9.97 Å². The Hall–Kier alpha value is -1.20. The summed E-state index contributed by atoms with van der Waals surface area (Å²) in [6.45, 7) is 1.91. The fraction of sp³-hybridized carbons (Fsp3) is 0.0909. The van der Waals surface area contributed by atoms with Crippen molar-refractivity contribution in [3.8, 4) is 0 Å². The molecule has 2 rings (SSSR count). The van der Waals surface area contributed by atoms with E-state index in [4.69, 9.17) is 11.6 Å². The lowest BCUT2D eigenvalue weighted by Crippen LogP contribution is -2.00. The first kappa shape index (κ1) is 12.3. The summed E-state index contributed by atoms with van der Waals surface area (Å²) in [6.07, 6.45) is 1.03. The maximum atomic E-state index is 13.4. The number of aryl methyl sites for hydroxylation is 1. The van der Waals surface area contributed by atoms with Crippen molar-refractivity contribution in [2.24, 2.45) is 0 Å². The lowest BCUT2D eigenvalue weighted by atomic mass is 10.2. The number of aromatic nitrogens is 2. The topological polar surface area (TPSA) is 37.8 Å². The Bertz CT molecular complexity index is 513. The first-order chi connectivity index (χ1) is 8.06. The van der Waals surface area contributed by atoms with Gasteiger partial charge in [0.15, 0.2) is 11.6 Å². The van der Waals surface area contributed by atoms with Crippen molar-refractivity contribution in [2.45, 2.75) is 6.92 Å². The number of rotatable bonds is 2. The summed E-state index contributed by atoms with van der Waals surface area (Å²) in [5, 5.41) is 2.88. The molecule has 3 nitrogen and oxygen atoms in total. The molecular weight excluding hydrogens is 308 g/mol. The predicted molar refractivity (Wildman–Crippen MR) is 69.2 cm³/mol. The molecule has 1 aromatic heterocycles. The molecule has 0 fully saturated rings. The van der Waals surface area contributed by atoms with Crippen molar-refractivity contribution < 1.29 is 4.39 Å². The van der Waals surface area contributed by atoms with Gasteiger partial charge in [0.05, 0.1) is 6.20 Å². The van der Waals surface area contributed by atoms with Crippen LogP contribution < -0.4 is 5.32 Å². The zero-order valence-electron chi connectivity index (χ0n) is 8.84. The Kier molecular flexibility index (Phi) is 3.59. The molecule has 0 aliphatic heterocycles. The number of hydrogen-bond donors (Lipinski definition) is 1. The summed E-state index contributed by atoms with van der Waals surface area (Å²) >= 11 is 8.97. The van der Waals surface area contributed by atoms with Crippen molar-refractivity contribution in [2.75, 3.05) is 5.32 Å². The van der Waals surface area contributed by atoms with E-state index < -0.39 is 5.82 Å². The third-order valence-corrected chi connectivity index (χ3v) is 2.84. The molecule has 1 heterocycles. The van der Waals surface area contributed by atoms with E-state index in [0.29, 0.717) is 0 Å². The van der Waals surface area contributed by atoms with E-state index in [2.05, 4.69) is 31.2 Å². The minimum absolute atomic E-state index is 0.00144.